The zero-order chi connectivity index (χ0) is 17.8. The number of aryl methyl sites for hydroxylation is 2. The van der Waals surface area contributed by atoms with Crippen LogP contribution in [0.15, 0.2) is 36.5 Å². The van der Waals surface area contributed by atoms with Crippen LogP contribution in [0.4, 0.5) is 4.39 Å². The zero-order valence-electron chi connectivity index (χ0n) is 14.2. The fraction of sp³-hybridized carbons (Fsp3) is 0.389. The van der Waals surface area contributed by atoms with Gasteiger partial charge in [-0.2, -0.15) is 5.10 Å². The minimum Gasteiger partial charge on any atom is -0.335 e. The van der Waals surface area contributed by atoms with Gasteiger partial charge in [0.25, 0.3) is 0 Å². The van der Waals surface area contributed by atoms with Crippen LogP contribution in [0.2, 0.25) is 0 Å². The van der Waals surface area contributed by atoms with Gasteiger partial charge in [0.1, 0.15) is 5.82 Å². The summed E-state index contributed by atoms with van der Waals surface area (Å²) in [7, 11) is 0. The normalized spacial score (nSPS) is 14.9. The molecule has 0 saturated carbocycles. The molecule has 0 spiro atoms. The Morgan fingerprint density at radius 2 is 2.12 bits per heavy atom. The van der Waals surface area contributed by atoms with Gasteiger partial charge in [-0.15, -0.1) is 0 Å². The average molecular weight is 344 g/mol. The van der Waals surface area contributed by atoms with Gasteiger partial charge in [0, 0.05) is 38.8 Å². The third-order valence-corrected chi connectivity index (χ3v) is 4.26. The van der Waals surface area contributed by atoms with E-state index in [1.54, 1.807) is 26.6 Å². The lowest BCUT2D eigenvalue weighted by Gasteiger charge is -2.34. The van der Waals surface area contributed by atoms with Gasteiger partial charge in [0.15, 0.2) is 0 Å². The molecule has 0 N–H and O–H groups in total. The van der Waals surface area contributed by atoms with E-state index in [9.17, 15) is 14.0 Å². The van der Waals surface area contributed by atoms with E-state index in [1.165, 1.54) is 12.1 Å². The molecule has 1 aromatic heterocycles. The van der Waals surface area contributed by atoms with Crippen LogP contribution in [0.3, 0.4) is 0 Å². The fourth-order valence-corrected chi connectivity index (χ4v) is 2.90. The first-order chi connectivity index (χ1) is 12.0. The summed E-state index contributed by atoms with van der Waals surface area (Å²) in [6, 6.07) is 8.12. The standard InChI is InChI=1S/C18H21FN4O2/c1-14-5-7-23(20-14)8-6-17(24)22-10-9-21(18(25)13-22)12-15-3-2-4-16(19)11-15/h2-5,7,11H,6,8-10,12-13H2,1H3. The number of halogens is 1. The van der Waals surface area contributed by atoms with Gasteiger partial charge in [-0.3, -0.25) is 14.3 Å². The Hall–Kier alpha value is -2.70. The van der Waals surface area contributed by atoms with Crippen molar-refractivity contribution in [3.8, 4) is 0 Å². The van der Waals surface area contributed by atoms with Crippen molar-refractivity contribution in [1.29, 1.82) is 0 Å². The predicted octanol–water partition coefficient (Wildman–Crippen LogP) is 1.59. The van der Waals surface area contributed by atoms with Crippen LogP contribution < -0.4 is 0 Å². The number of piperazine rings is 1. The summed E-state index contributed by atoms with van der Waals surface area (Å²) >= 11 is 0. The molecule has 1 aliphatic heterocycles. The molecule has 0 bridgehead atoms. The molecule has 2 aromatic rings. The number of hydrogen-bond donors (Lipinski definition) is 0. The molecular weight excluding hydrogens is 323 g/mol. The first kappa shape index (κ1) is 17.1. The highest BCUT2D eigenvalue weighted by Crippen LogP contribution is 2.12. The number of rotatable bonds is 5. The lowest BCUT2D eigenvalue weighted by molar-refractivity contribution is -0.145. The third kappa shape index (κ3) is 4.43. The van der Waals surface area contributed by atoms with Gasteiger partial charge in [0.2, 0.25) is 11.8 Å². The Morgan fingerprint density at radius 1 is 1.28 bits per heavy atom. The predicted molar refractivity (Wildman–Crippen MR) is 90.0 cm³/mol. The lowest BCUT2D eigenvalue weighted by Crippen LogP contribution is -2.51. The first-order valence-corrected chi connectivity index (χ1v) is 8.31. The van der Waals surface area contributed by atoms with Crippen molar-refractivity contribution >= 4 is 11.8 Å². The van der Waals surface area contributed by atoms with Gasteiger partial charge in [-0.05, 0) is 30.7 Å². The first-order valence-electron chi connectivity index (χ1n) is 8.31. The van der Waals surface area contributed by atoms with Crippen LogP contribution in [-0.2, 0) is 22.7 Å². The summed E-state index contributed by atoms with van der Waals surface area (Å²) in [5.74, 6) is -0.474. The summed E-state index contributed by atoms with van der Waals surface area (Å²) in [5, 5.41) is 4.25. The van der Waals surface area contributed by atoms with E-state index in [1.807, 2.05) is 19.2 Å². The molecule has 0 radical (unpaired) electrons. The van der Waals surface area contributed by atoms with Crippen LogP contribution >= 0.6 is 0 Å². The van der Waals surface area contributed by atoms with Gasteiger partial charge in [-0.1, -0.05) is 12.1 Å². The summed E-state index contributed by atoms with van der Waals surface area (Å²) in [6.07, 6.45) is 2.16. The Kier molecular flexibility index (Phi) is 5.11. The summed E-state index contributed by atoms with van der Waals surface area (Å²) in [6.45, 7) is 3.80. The molecule has 1 fully saturated rings. The molecule has 1 aromatic carbocycles. The molecule has 1 aliphatic rings. The second-order valence-corrected chi connectivity index (χ2v) is 6.23. The Morgan fingerprint density at radius 3 is 2.80 bits per heavy atom. The van der Waals surface area contributed by atoms with Crippen LogP contribution in [0.5, 0.6) is 0 Å². The molecule has 0 aliphatic carbocycles. The second kappa shape index (κ2) is 7.46. The molecule has 3 rings (SSSR count). The number of carbonyl (C=O) groups is 2. The van der Waals surface area contributed by atoms with Gasteiger partial charge >= 0.3 is 0 Å². The van der Waals surface area contributed by atoms with Crippen molar-refractivity contribution < 1.29 is 14.0 Å². The highest BCUT2D eigenvalue weighted by Gasteiger charge is 2.26. The van der Waals surface area contributed by atoms with Crippen molar-refractivity contribution in [1.82, 2.24) is 19.6 Å². The highest BCUT2D eigenvalue weighted by atomic mass is 19.1. The maximum Gasteiger partial charge on any atom is 0.242 e. The van der Waals surface area contributed by atoms with E-state index in [2.05, 4.69) is 5.10 Å². The Labute approximate surface area is 145 Å². The van der Waals surface area contributed by atoms with Crippen molar-refractivity contribution in [2.75, 3.05) is 19.6 Å². The highest BCUT2D eigenvalue weighted by molar-refractivity contribution is 5.86. The third-order valence-electron chi connectivity index (χ3n) is 4.26. The minimum atomic E-state index is -0.312. The largest absolute Gasteiger partial charge is 0.335 e. The van der Waals surface area contributed by atoms with Crippen LogP contribution in [0.1, 0.15) is 17.7 Å². The zero-order valence-corrected chi connectivity index (χ0v) is 14.2. The van der Waals surface area contributed by atoms with E-state index >= 15 is 0 Å². The molecular formula is C18H21FN4O2. The summed E-state index contributed by atoms with van der Waals surface area (Å²) in [5.41, 5.74) is 1.66. The van der Waals surface area contributed by atoms with Crippen molar-refractivity contribution in [2.24, 2.45) is 0 Å². The van der Waals surface area contributed by atoms with Crippen LogP contribution in [0, 0.1) is 12.7 Å². The molecule has 6 nitrogen and oxygen atoms in total. The van der Waals surface area contributed by atoms with Gasteiger partial charge in [0.05, 0.1) is 12.2 Å². The average Bonchev–Trinajstić information content (AvgIpc) is 3.00. The van der Waals surface area contributed by atoms with Gasteiger partial charge < -0.3 is 9.80 Å². The van der Waals surface area contributed by atoms with Gasteiger partial charge in [-0.25, -0.2) is 4.39 Å². The van der Waals surface area contributed by atoms with Crippen molar-refractivity contribution in [2.45, 2.75) is 26.4 Å². The smallest absolute Gasteiger partial charge is 0.242 e. The molecule has 132 valence electrons. The second-order valence-electron chi connectivity index (χ2n) is 6.23. The quantitative estimate of drug-likeness (QED) is 0.828. The minimum absolute atomic E-state index is 0.0492. The number of carbonyl (C=O) groups excluding carboxylic acids is 2. The van der Waals surface area contributed by atoms with E-state index in [0.29, 0.717) is 32.6 Å². The number of aromatic nitrogens is 2. The molecule has 0 atom stereocenters. The van der Waals surface area contributed by atoms with Crippen molar-refractivity contribution in [3.05, 3.63) is 53.6 Å². The molecule has 2 heterocycles. The SMILES string of the molecule is Cc1ccn(CCC(=O)N2CCN(Cc3cccc(F)c3)C(=O)C2)n1. The molecule has 0 unspecified atom stereocenters. The number of amides is 2. The molecule has 7 heteroatoms. The Bertz CT molecular complexity index is 774. The maximum atomic E-state index is 13.2. The number of hydrogen-bond acceptors (Lipinski definition) is 3. The van der Waals surface area contributed by atoms with E-state index < -0.39 is 0 Å². The van der Waals surface area contributed by atoms with Crippen LogP contribution in [-0.4, -0.2) is 51.0 Å². The number of nitrogens with zero attached hydrogens (tertiary/aromatic N) is 4. The van der Waals surface area contributed by atoms with E-state index in [0.717, 1.165) is 11.3 Å². The molecule has 2 amide bonds. The topological polar surface area (TPSA) is 58.4 Å². The monoisotopic (exact) mass is 344 g/mol. The molecule has 1 saturated heterocycles. The summed E-state index contributed by atoms with van der Waals surface area (Å²) < 4.78 is 15.0. The maximum absolute atomic E-state index is 13.2. The van der Waals surface area contributed by atoms with Crippen LogP contribution in [0.25, 0.3) is 0 Å². The Balaban J connectivity index is 1.50. The van der Waals surface area contributed by atoms with Crippen molar-refractivity contribution in [3.63, 3.8) is 0 Å². The van der Waals surface area contributed by atoms with E-state index in [4.69, 9.17) is 0 Å². The number of benzene rings is 1. The lowest BCUT2D eigenvalue weighted by atomic mass is 10.2. The molecule has 25 heavy (non-hydrogen) atoms. The summed E-state index contributed by atoms with van der Waals surface area (Å²) in [4.78, 5) is 27.8. The fourth-order valence-electron chi connectivity index (χ4n) is 2.90. The van der Waals surface area contributed by atoms with E-state index in [-0.39, 0.29) is 24.2 Å².